The van der Waals surface area contributed by atoms with Gasteiger partial charge in [0.05, 0.1) is 5.75 Å². The zero-order valence-corrected chi connectivity index (χ0v) is 11.8. The minimum atomic E-state index is -3.32. The van der Waals surface area contributed by atoms with Crippen LogP contribution in [0.15, 0.2) is 0 Å². The highest BCUT2D eigenvalue weighted by molar-refractivity contribution is 7.89. The molecule has 0 radical (unpaired) electrons. The van der Waals surface area contributed by atoms with E-state index in [2.05, 4.69) is 15.4 Å². The number of hydrogen-bond donors (Lipinski definition) is 4. The molecule has 0 aliphatic heterocycles. The minimum Gasteiger partial charge on any atom is -0.481 e. The van der Waals surface area contributed by atoms with Gasteiger partial charge in [0.2, 0.25) is 10.0 Å². The fourth-order valence-electron chi connectivity index (χ4n) is 1.26. The highest BCUT2D eigenvalue weighted by atomic mass is 32.2. The molecule has 2 amide bonds. The molecular formula is C10H21N3O5S. The predicted octanol–water partition coefficient (Wildman–Crippen LogP) is -0.520. The van der Waals surface area contributed by atoms with Crippen molar-refractivity contribution in [2.24, 2.45) is 0 Å². The molecule has 0 aromatic rings. The minimum absolute atomic E-state index is 0.0241. The molecule has 0 heterocycles. The van der Waals surface area contributed by atoms with Gasteiger partial charge in [-0.05, 0) is 12.8 Å². The molecule has 0 aromatic heterocycles. The average molecular weight is 295 g/mol. The highest BCUT2D eigenvalue weighted by Gasteiger charge is 2.08. The van der Waals surface area contributed by atoms with Gasteiger partial charge < -0.3 is 15.7 Å². The molecule has 9 heteroatoms. The number of carbonyl (C=O) groups excluding carboxylic acids is 1. The maximum atomic E-state index is 11.2. The molecule has 0 fully saturated rings. The van der Waals surface area contributed by atoms with Crippen LogP contribution < -0.4 is 15.4 Å². The van der Waals surface area contributed by atoms with E-state index in [9.17, 15) is 18.0 Å². The molecule has 0 aromatic carbocycles. The lowest BCUT2D eigenvalue weighted by atomic mass is 10.2. The van der Waals surface area contributed by atoms with Gasteiger partial charge in [-0.25, -0.2) is 17.9 Å². The molecule has 0 bridgehead atoms. The second kappa shape index (κ2) is 9.56. The number of carboxylic acids is 1. The SMILES string of the molecule is CCNS(=O)(=O)CCNC(=O)NCCCCC(=O)O. The maximum Gasteiger partial charge on any atom is 0.314 e. The van der Waals surface area contributed by atoms with E-state index in [0.29, 0.717) is 25.9 Å². The van der Waals surface area contributed by atoms with Crippen LogP contribution in [0.4, 0.5) is 4.79 Å². The van der Waals surface area contributed by atoms with Crippen LogP contribution in [-0.4, -0.2) is 50.9 Å². The third-order valence-electron chi connectivity index (χ3n) is 2.12. The van der Waals surface area contributed by atoms with Gasteiger partial charge in [-0.1, -0.05) is 6.92 Å². The molecular weight excluding hydrogens is 274 g/mol. The van der Waals surface area contributed by atoms with Crippen molar-refractivity contribution < 1.29 is 23.1 Å². The lowest BCUT2D eigenvalue weighted by Crippen LogP contribution is -2.40. The Hall–Kier alpha value is -1.35. The lowest BCUT2D eigenvalue weighted by molar-refractivity contribution is -0.137. The van der Waals surface area contributed by atoms with Crippen molar-refractivity contribution in [2.75, 3.05) is 25.4 Å². The van der Waals surface area contributed by atoms with E-state index in [4.69, 9.17) is 5.11 Å². The maximum absolute atomic E-state index is 11.2. The zero-order valence-electron chi connectivity index (χ0n) is 10.9. The van der Waals surface area contributed by atoms with E-state index < -0.39 is 22.0 Å². The van der Waals surface area contributed by atoms with Gasteiger partial charge in [0.1, 0.15) is 0 Å². The number of urea groups is 1. The first-order valence-electron chi connectivity index (χ1n) is 6.08. The number of unbranched alkanes of at least 4 members (excludes halogenated alkanes) is 1. The van der Waals surface area contributed by atoms with E-state index in [-0.39, 0.29) is 18.7 Å². The number of sulfonamides is 1. The third-order valence-corrected chi connectivity index (χ3v) is 3.59. The number of aliphatic carboxylic acids is 1. The van der Waals surface area contributed by atoms with Crippen molar-refractivity contribution in [1.29, 1.82) is 0 Å². The molecule has 0 unspecified atom stereocenters. The fourth-order valence-corrected chi connectivity index (χ4v) is 2.21. The summed E-state index contributed by atoms with van der Waals surface area (Å²) in [7, 11) is -3.32. The monoisotopic (exact) mass is 295 g/mol. The first kappa shape index (κ1) is 17.6. The van der Waals surface area contributed by atoms with Crippen molar-refractivity contribution in [3.63, 3.8) is 0 Å². The Kier molecular flexibility index (Phi) is 8.88. The summed E-state index contributed by atoms with van der Waals surface area (Å²) in [4.78, 5) is 21.5. The van der Waals surface area contributed by atoms with E-state index in [1.54, 1.807) is 6.92 Å². The van der Waals surface area contributed by atoms with Gasteiger partial charge in [0, 0.05) is 26.1 Å². The topological polar surface area (TPSA) is 125 Å². The number of carboxylic acid groups (broad SMARTS) is 1. The van der Waals surface area contributed by atoms with Crippen LogP contribution in [0.1, 0.15) is 26.2 Å². The smallest absolute Gasteiger partial charge is 0.314 e. The molecule has 0 saturated heterocycles. The standard InChI is InChI=1S/C10H21N3O5S/c1-2-13-19(17,18)8-7-12-10(16)11-6-4-3-5-9(14)15/h13H,2-8H2,1H3,(H,14,15)(H2,11,12,16). The summed E-state index contributed by atoms with van der Waals surface area (Å²) in [6.45, 7) is 2.38. The first-order valence-corrected chi connectivity index (χ1v) is 7.73. The van der Waals surface area contributed by atoms with Crippen LogP contribution in [-0.2, 0) is 14.8 Å². The summed E-state index contributed by atoms with van der Waals surface area (Å²) < 4.78 is 24.8. The second-order valence-corrected chi connectivity index (χ2v) is 5.78. The van der Waals surface area contributed by atoms with Gasteiger partial charge in [-0.3, -0.25) is 4.79 Å². The van der Waals surface area contributed by atoms with Crippen molar-refractivity contribution in [1.82, 2.24) is 15.4 Å². The molecule has 0 spiro atoms. The molecule has 112 valence electrons. The Bertz CT molecular complexity index is 383. The summed E-state index contributed by atoms with van der Waals surface area (Å²) in [5.41, 5.74) is 0. The summed E-state index contributed by atoms with van der Waals surface area (Å²) in [5, 5.41) is 13.3. The van der Waals surface area contributed by atoms with Crippen molar-refractivity contribution in [3.05, 3.63) is 0 Å². The second-order valence-electron chi connectivity index (χ2n) is 3.85. The van der Waals surface area contributed by atoms with E-state index >= 15 is 0 Å². The first-order chi connectivity index (χ1) is 8.87. The Morgan fingerprint density at radius 3 is 2.32 bits per heavy atom. The van der Waals surface area contributed by atoms with Crippen molar-refractivity contribution in [2.45, 2.75) is 26.2 Å². The zero-order chi connectivity index (χ0) is 14.7. The Balaban J connectivity index is 3.57. The summed E-state index contributed by atoms with van der Waals surface area (Å²) in [5.74, 6) is -1.04. The van der Waals surface area contributed by atoms with Crippen LogP contribution in [0.2, 0.25) is 0 Å². The van der Waals surface area contributed by atoms with E-state index in [1.165, 1.54) is 0 Å². The van der Waals surface area contributed by atoms with Gasteiger partial charge in [-0.2, -0.15) is 0 Å². The highest BCUT2D eigenvalue weighted by Crippen LogP contribution is 1.93. The fraction of sp³-hybridized carbons (Fsp3) is 0.800. The van der Waals surface area contributed by atoms with Crippen molar-refractivity contribution >= 4 is 22.0 Å². The van der Waals surface area contributed by atoms with Gasteiger partial charge >= 0.3 is 12.0 Å². The molecule has 0 saturated carbocycles. The van der Waals surface area contributed by atoms with Gasteiger partial charge in [-0.15, -0.1) is 0 Å². The molecule has 0 atom stereocenters. The Morgan fingerprint density at radius 2 is 1.74 bits per heavy atom. The number of carbonyl (C=O) groups is 2. The quantitative estimate of drug-likeness (QED) is 0.404. The van der Waals surface area contributed by atoms with Crippen LogP contribution in [0.5, 0.6) is 0 Å². The predicted molar refractivity (Wildman–Crippen MR) is 70.4 cm³/mol. The van der Waals surface area contributed by atoms with Gasteiger partial charge in [0.15, 0.2) is 0 Å². The largest absolute Gasteiger partial charge is 0.481 e. The molecule has 0 aliphatic rings. The lowest BCUT2D eigenvalue weighted by Gasteiger charge is -2.08. The third kappa shape index (κ3) is 11.5. The average Bonchev–Trinajstić information content (AvgIpc) is 2.27. The summed E-state index contributed by atoms with van der Waals surface area (Å²) in [6.07, 6.45) is 1.13. The molecule has 0 aliphatic carbocycles. The summed E-state index contributed by atoms with van der Waals surface area (Å²) in [6, 6.07) is -0.456. The normalized spacial score (nSPS) is 11.0. The van der Waals surface area contributed by atoms with Crippen molar-refractivity contribution in [3.8, 4) is 0 Å². The van der Waals surface area contributed by atoms with E-state index in [0.717, 1.165) is 0 Å². The van der Waals surface area contributed by atoms with Gasteiger partial charge in [0.25, 0.3) is 0 Å². The van der Waals surface area contributed by atoms with Crippen LogP contribution in [0.3, 0.4) is 0 Å². The summed E-state index contributed by atoms with van der Waals surface area (Å²) >= 11 is 0. The van der Waals surface area contributed by atoms with Crippen LogP contribution in [0.25, 0.3) is 0 Å². The number of nitrogens with one attached hydrogen (secondary N) is 3. The van der Waals surface area contributed by atoms with E-state index in [1.807, 2.05) is 0 Å². The molecule has 4 N–H and O–H groups in total. The molecule has 8 nitrogen and oxygen atoms in total. The number of rotatable bonds is 10. The Labute approximate surface area is 113 Å². The Morgan fingerprint density at radius 1 is 1.11 bits per heavy atom. The molecule has 0 rings (SSSR count). The molecule has 19 heavy (non-hydrogen) atoms. The van der Waals surface area contributed by atoms with Crippen LogP contribution in [0, 0.1) is 0 Å². The number of amides is 2. The van der Waals surface area contributed by atoms with Crippen LogP contribution >= 0.6 is 0 Å². The number of hydrogen-bond acceptors (Lipinski definition) is 4.